The first kappa shape index (κ1) is 18.2. The highest BCUT2D eigenvalue weighted by atomic mass is 16.7. The van der Waals surface area contributed by atoms with Gasteiger partial charge in [0.15, 0.2) is 6.29 Å². The number of nitrogen functional groups attached to an aromatic ring is 1. The lowest BCUT2D eigenvalue weighted by molar-refractivity contribution is -0.154. The number of nitrogens with zero attached hydrogens (tertiary/aromatic N) is 3. The monoisotopic (exact) mass is 328 g/mol. The minimum Gasteiger partial charge on any atom is -0.383 e. The van der Waals surface area contributed by atoms with E-state index in [1.165, 1.54) is 0 Å². The Balaban J connectivity index is 2.13. The number of nitrogens with two attached hydrogens (primary N) is 1. The van der Waals surface area contributed by atoms with Crippen LogP contribution in [0.4, 0.5) is 5.82 Å². The van der Waals surface area contributed by atoms with Crippen LogP contribution in [0.5, 0.6) is 0 Å². The lowest BCUT2D eigenvalue weighted by Crippen LogP contribution is -2.22. The van der Waals surface area contributed by atoms with E-state index in [-0.39, 0.29) is 30.0 Å². The van der Waals surface area contributed by atoms with E-state index in [1.54, 1.807) is 0 Å². The van der Waals surface area contributed by atoms with E-state index < -0.39 is 0 Å². The van der Waals surface area contributed by atoms with Gasteiger partial charge in [0.1, 0.15) is 18.5 Å². The average Bonchev–Trinajstić information content (AvgIpc) is 2.52. The highest BCUT2D eigenvalue weighted by Gasteiger charge is 2.18. The molecule has 2 heterocycles. The summed E-state index contributed by atoms with van der Waals surface area (Å²) in [5.74, 6) is 6.27. The number of ether oxygens (including phenoxy) is 2. The molecule has 1 atom stereocenters. The van der Waals surface area contributed by atoms with Crippen molar-refractivity contribution in [2.75, 3.05) is 18.9 Å². The van der Waals surface area contributed by atoms with Crippen LogP contribution in [0.25, 0.3) is 0 Å². The first-order valence-electron chi connectivity index (χ1n) is 8.17. The molecule has 0 saturated carbocycles. The van der Waals surface area contributed by atoms with Crippen molar-refractivity contribution in [1.29, 1.82) is 5.26 Å². The molecule has 128 valence electrons. The molecule has 0 aliphatic carbocycles. The molecule has 0 amide bonds. The summed E-state index contributed by atoms with van der Waals surface area (Å²) in [6, 6.07) is 1.94. The van der Waals surface area contributed by atoms with Gasteiger partial charge in [-0.3, -0.25) is 0 Å². The van der Waals surface area contributed by atoms with Crippen LogP contribution < -0.4 is 5.73 Å². The molecule has 1 fully saturated rings. The summed E-state index contributed by atoms with van der Waals surface area (Å²) in [4.78, 5) is 8.27. The quantitative estimate of drug-likeness (QED) is 0.856. The molecule has 2 rings (SSSR count). The van der Waals surface area contributed by atoms with Crippen LogP contribution in [0, 0.1) is 28.6 Å². The van der Waals surface area contributed by atoms with E-state index in [4.69, 9.17) is 20.5 Å². The summed E-state index contributed by atoms with van der Waals surface area (Å²) < 4.78 is 11.1. The molecule has 2 N–H and O–H groups in total. The lowest BCUT2D eigenvalue weighted by atomic mass is 9.89. The Hall–Kier alpha value is -2.15. The molecule has 1 aromatic rings. The van der Waals surface area contributed by atoms with E-state index in [1.807, 2.05) is 6.07 Å². The third kappa shape index (κ3) is 5.49. The molecule has 1 saturated heterocycles. The molecule has 0 bridgehead atoms. The van der Waals surface area contributed by atoms with Crippen molar-refractivity contribution >= 4 is 5.82 Å². The van der Waals surface area contributed by atoms with E-state index in [2.05, 4.69) is 42.6 Å². The summed E-state index contributed by atoms with van der Waals surface area (Å²) in [7, 11) is 0. The standard InChI is InChI=1S/C18H24N4O2/c1-18(2,3)11-14-13(17(20)22-15(12-19)21-14)7-6-10-24-16-8-4-5-9-23-16/h16H,4-5,8-11H2,1-3H3,(H2,20,21,22). The Morgan fingerprint density at radius 3 is 2.75 bits per heavy atom. The molecule has 1 aromatic heterocycles. The van der Waals surface area contributed by atoms with Crippen molar-refractivity contribution in [3.63, 3.8) is 0 Å². The molecule has 1 unspecified atom stereocenters. The van der Waals surface area contributed by atoms with Gasteiger partial charge in [0.05, 0.1) is 11.3 Å². The summed E-state index contributed by atoms with van der Waals surface area (Å²) in [5.41, 5.74) is 7.25. The molecular formula is C18H24N4O2. The number of rotatable bonds is 3. The number of anilines is 1. The second-order valence-corrected chi connectivity index (χ2v) is 7.01. The fourth-order valence-corrected chi connectivity index (χ4v) is 2.44. The second kappa shape index (κ2) is 8.10. The largest absolute Gasteiger partial charge is 0.383 e. The van der Waals surface area contributed by atoms with Gasteiger partial charge in [0.2, 0.25) is 5.82 Å². The third-order valence-electron chi connectivity index (χ3n) is 3.50. The van der Waals surface area contributed by atoms with Gasteiger partial charge in [-0.1, -0.05) is 32.6 Å². The molecule has 0 spiro atoms. The Bertz CT molecular complexity index is 671. The predicted molar refractivity (Wildman–Crippen MR) is 90.7 cm³/mol. The smallest absolute Gasteiger partial charge is 0.234 e. The SMILES string of the molecule is CC(C)(C)Cc1nc(C#N)nc(N)c1C#CCOC1CCCCO1. The summed E-state index contributed by atoms with van der Waals surface area (Å²) >= 11 is 0. The molecule has 1 aliphatic rings. The van der Waals surface area contributed by atoms with E-state index in [9.17, 15) is 0 Å². The van der Waals surface area contributed by atoms with Gasteiger partial charge in [-0.2, -0.15) is 5.26 Å². The van der Waals surface area contributed by atoms with Crippen molar-refractivity contribution in [3.8, 4) is 17.9 Å². The molecular weight excluding hydrogens is 304 g/mol. The maximum atomic E-state index is 9.03. The lowest BCUT2D eigenvalue weighted by Gasteiger charge is -2.21. The third-order valence-corrected chi connectivity index (χ3v) is 3.50. The van der Waals surface area contributed by atoms with Gasteiger partial charge < -0.3 is 15.2 Å². The Labute approximate surface area is 143 Å². The number of hydrogen-bond acceptors (Lipinski definition) is 6. The molecule has 6 heteroatoms. The van der Waals surface area contributed by atoms with Crippen LogP contribution in [0.3, 0.4) is 0 Å². The van der Waals surface area contributed by atoms with E-state index >= 15 is 0 Å². The van der Waals surface area contributed by atoms with Crippen LogP contribution in [-0.2, 0) is 15.9 Å². The van der Waals surface area contributed by atoms with Crippen molar-refractivity contribution in [1.82, 2.24) is 9.97 Å². The van der Waals surface area contributed by atoms with Crippen LogP contribution in [0.1, 0.15) is 57.1 Å². The van der Waals surface area contributed by atoms with Crippen molar-refractivity contribution < 1.29 is 9.47 Å². The number of aromatic nitrogens is 2. The van der Waals surface area contributed by atoms with E-state index in [0.717, 1.165) is 25.9 Å². The summed E-state index contributed by atoms with van der Waals surface area (Å²) in [6.07, 6.45) is 3.59. The zero-order valence-electron chi connectivity index (χ0n) is 14.6. The molecule has 0 aromatic carbocycles. The summed E-state index contributed by atoms with van der Waals surface area (Å²) in [6.45, 7) is 7.29. The van der Waals surface area contributed by atoms with Gasteiger partial charge in [-0.15, -0.1) is 0 Å². The first-order chi connectivity index (χ1) is 11.4. The number of nitriles is 1. The Morgan fingerprint density at radius 2 is 2.12 bits per heavy atom. The van der Waals surface area contributed by atoms with Gasteiger partial charge in [-0.05, 0) is 31.1 Å². The van der Waals surface area contributed by atoms with Crippen LogP contribution in [0.15, 0.2) is 0 Å². The second-order valence-electron chi connectivity index (χ2n) is 7.01. The van der Waals surface area contributed by atoms with Crippen molar-refractivity contribution in [3.05, 3.63) is 17.1 Å². The van der Waals surface area contributed by atoms with Crippen LogP contribution in [-0.4, -0.2) is 29.5 Å². The zero-order valence-corrected chi connectivity index (χ0v) is 14.6. The fraction of sp³-hybridized carbons (Fsp3) is 0.611. The maximum absolute atomic E-state index is 9.03. The molecule has 0 radical (unpaired) electrons. The minimum absolute atomic E-state index is 0.00358. The highest BCUT2D eigenvalue weighted by Crippen LogP contribution is 2.23. The summed E-state index contributed by atoms with van der Waals surface area (Å²) in [5, 5.41) is 9.03. The van der Waals surface area contributed by atoms with Crippen molar-refractivity contribution in [2.24, 2.45) is 5.41 Å². The van der Waals surface area contributed by atoms with Gasteiger partial charge in [0, 0.05) is 6.61 Å². The van der Waals surface area contributed by atoms with Crippen LogP contribution >= 0.6 is 0 Å². The molecule has 24 heavy (non-hydrogen) atoms. The molecule has 1 aliphatic heterocycles. The molecule has 6 nitrogen and oxygen atoms in total. The number of hydrogen-bond donors (Lipinski definition) is 1. The first-order valence-corrected chi connectivity index (χ1v) is 8.17. The average molecular weight is 328 g/mol. The fourth-order valence-electron chi connectivity index (χ4n) is 2.44. The Morgan fingerprint density at radius 1 is 1.33 bits per heavy atom. The van der Waals surface area contributed by atoms with Crippen molar-refractivity contribution in [2.45, 2.75) is 52.7 Å². The van der Waals surface area contributed by atoms with Gasteiger partial charge in [0.25, 0.3) is 0 Å². The van der Waals surface area contributed by atoms with Gasteiger partial charge in [-0.25, -0.2) is 9.97 Å². The maximum Gasteiger partial charge on any atom is 0.234 e. The Kier molecular flexibility index (Phi) is 6.14. The zero-order chi connectivity index (χ0) is 17.6. The normalized spacial score (nSPS) is 17.7. The topological polar surface area (TPSA) is 94.1 Å². The van der Waals surface area contributed by atoms with Crippen LogP contribution in [0.2, 0.25) is 0 Å². The van der Waals surface area contributed by atoms with Gasteiger partial charge >= 0.3 is 0 Å². The minimum atomic E-state index is -0.170. The van der Waals surface area contributed by atoms with E-state index in [0.29, 0.717) is 17.7 Å². The predicted octanol–water partition coefficient (Wildman–Crippen LogP) is 2.41. The highest BCUT2D eigenvalue weighted by molar-refractivity contribution is 5.54.